The molecule has 1 aromatic rings. The molecule has 23 heavy (non-hydrogen) atoms. The molecule has 0 bridgehead atoms. The fourth-order valence-corrected chi connectivity index (χ4v) is 2.49. The van der Waals surface area contributed by atoms with Crippen molar-refractivity contribution in [1.82, 2.24) is 4.90 Å². The molecule has 7 heteroatoms. The van der Waals surface area contributed by atoms with Gasteiger partial charge >= 0.3 is 5.97 Å². The van der Waals surface area contributed by atoms with E-state index in [1.165, 1.54) is 29.2 Å². The number of amides is 2. The van der Waals surface area contributed by atoms with Gasteiger partial charge in [0.1, 0.15) is 5.82 Å². The predicted octanol–water partition coefficient (Wildman–Crippen LogP) is 0.635. The number of likely N-dealkylation sites (tertiary alicyclic amines) is 1. The van der Waals surface area contributed by atoms with Gasteiger partial charge in [0, 0.05) is 13.1 Å². The van der Waals surface area contributed by atoms with Crippen molar-refractivity contribution in [2.24, 2.45) is 11.7 Å². The summed E-state index contributed by atoms with van der Waals surface area (Å²) < 4.78 is 17.7. The molecular weight excluding hydrogens is 303 g/mol. The summed E-state index contributed by atoms with van der Waals surface area (Å²) in [6.45, 7) is 0.424. The molecule has 6 nitrogen and oxygen atoms in total. The van der Waals surface area contributed by atoms with Gasteiger partial charge in [0.25, 0.3) is 5.91 Å². The molecule has 2 amide bonds. The van der Waals surface area contributed by atoms with E-state index in [4.69, 9.17) is 10.5 Å². The maximum Gasteiger partial charge on any atom is 0.310 e. The molecule has 0 spiro atoms. The highest BCUT2D eigenvalue weighted by Gasteiger charge is 2.27. The van der Waals surface area contributed by atoms with Gasteiger partial charge in [-0.15, -0.1) is 0 Å². The standard InChI is InChI=1S/C16H19FN2O4/c17-13-5-3-11(4-6-13)8-15(21)23-10-14(20)19-7-1-2-12(9-19)16(18)22/h3-6,12H,1-2,7-10H2,(H2,18,22)/t12-/m0/s1. The Kier molecular flexibility index (Phi) is 5.67. The zero-order chi connectivity index (χ0) is 16.8. The summed E-state index contributed by atoms with van der Waals surface area (Å²) in [6, 6.07) is 5.48. The highest BCUT2D eigenvalue weighted by molar-refractivity contribution is 5.83. The van der Waals surface area contributed by atoms with Crippen LogP contribution in [0.1, 0.15) is 18.4 Å². The number of hydrogen-bond donors (Lipinski definition) is 1. The highest BCUT2D eigenvalue weighted by Crippen LogP contribution is 2.16. The van der Waals surface area contributed by atoms with Crippen molar-refractivity contribution in [3.63, 3.8) is 0 Å². The van der Waals surface area contributed by atoms with Crippen LogP contribution in [0.4, 0.5) is 4.39 Å². The van der Waals surface area contributed by atoms with E-state index in [0.29, 0.717) is 24.9 Å². The molecule has 1 aliphatic heterocycles. The van der Waals surface area contributed by atoms with E-state index in [1.54, 1.807) is 0 Å². The monoisotopic (exact) mass is 322 g/mol. The minimum atomic E-state index is -0.562. The maximum absolute atomic E-state index is 12.8. The first-order valence-corrected chi connectivity index (χ1v) is 7.43. The molecule has 124 valence electrons. The molecule has 1 aromatic carbocycles. The predicted molar refractivity (Wildman–Crippen MR) is 79.6 cm³/mol. The number of carbonyl (C=O) groups excluding carboxylic acids is 3. The number of ether oxygens (including phenoxy) is 1. The summed E-state index contributed by atoms with van der Waals surface area (Å²) in [7, 11) is 0. The second kappa shape index (κ2) is 7.71. The summed E-state index contributed by atoms with van der Waals surface area (Å²) >= 11 is 0. The van der Waals surface area contributed by atoms with Gasteiger partial charge in [-0.25, -0.2) is 4.39 Å². The van der Waals surface area contributed by atoms with Crippen LogP contribution in [0.3, 0.4) is 0 Å². The van der Waals surface area contributed by atoms with Gasteiger partial charge < -0.3 is 15.4 Å². The smallest absolute Gasteiger partial charge is 0.310 e. The lowest BCUT2D eigenvalue weighted by Crippen LogP contribution is -2.45. The second-order valence-electron chi connectivity index (χ2n) is 5.55. The summed E-state index contributed by atoms with van der Waals surface area (Å²) in [5.41, 5.74) is 5.87. The fraction of sp³-hybridized carbons (Fsp3) is 0.438. The minimum absolute atomic E-state index is 0.0303. The Morgan fingerprint density at radius 3 is 2.61 bits per heavy atom. The number of nitrogens with two attached hydrogens (primary N) is 1. The van der Waals surface area contributed by atoms with Crippen molar-refractivity contribution in [1.29, 1.82) is 0 Å². The average Bonchev–Trinajstić information content (AvgIpc) is 2.55. The Morgan fingerprint density at radius 2 is 1.96 bits per heavy atom. The van der Waals surface area contributed by atoms with Gasteiger partial charge in [0.05, 0.1) is 12.3 Å². The number of esters is 1. The van der Waals surface area contributed by atoms with Gasteiger partial charge in [-0.2, -0.15) is 0 Å². The van der Waals surface area contributed by atoms with E-state index < -0.39 is 11.9 Å². The van der Waals surface area contributed by atoms with Crippen LogP contribution in [-0.4, -0.2) is 42.4 Å². The Balaban J connectivity index is 1.78. The second-order valence-corrected chi connectivity index (χ2v) is 5.55. The largest absolute Gasteiger partial charge is 0.455 e. The van der Waals surface area contributed by atoms with Crippen LogP contribution in [0.25, 0.3) is 0 Å². The van der Waals surface area contributed by atoms with E-state index in [1.807, 2.05) is 0 Å². The van der Waals surface area contributed by atoms with E-state index in [0.717, 1.165) is 0 Å². The Morgan fingerprint density at radius 1 is 1.26 bits per heavy atom. The van der Waals surface area contributed by atoms with Crippen molar-refractivity contribution >= 4 is 17.8 Å². The number of rotatable bonds is 5. The summed E-state index contributed by atoms with van der Waals surface area (Å²) in [6.07, 6.45) is 1.34. The Bertz CT molecular complexity index is 588. The third-order valence-corrected chi connectivity index (χ3v) is 3.79. The van der Waals surface area contributed by atoms with Crippen molar-refractivity contribution < 1.29 is 23.5 Å². The quantitative estimate of drug-likeness (QED) is 0.805. The number of piperidine rings is 1. The van der Waals surface area contributed by atoms with E-state index in [-0.39, 0.29) is 37.2 Å². The summed E-state index contributed by atoms with van der Waals surface area (Å²) in [5.74, 6) is -2.05. The van der Waals surface area contributed by atoms with Gasteiger partial charge in [-0.3, -0.25) is 14.4 Å². The van der Waals surface area contributed by atoms with Gasteiger partial charge in [0.2, 0.25) is 5.91 Å². The minimum Gasteiger partial charge on any atom is -0.455 e. The molecule has 1 heterocycles. The molecule has 1 atom stereocenters. The van der Waals surface area contributed by atoms with Crippen LogP contribution in [0.2, 0.25) is 0 Å². The number of nitrogens with zero attached hydrogens (tertiary/aromatic N) is 1. The highest BCUT2D eigenvalue weighted by atomic mass is 19.1. The summed E-state index contributed by atoms with van der Waals surface area (Å²) in [5, 5.41) is 0. The molecule has 0 aliphatic carbocycles. The lowest BCUT2D eigenvalue weighted by atomic mass is 9.97. The molecule has 0 radical (unpaired) electrons. The van der Waals surface area contributed by atoms with E-state index in [9.17, 15) is 18.8 Å². The number of primary amides is 1. The third-order valence-electron chi connectivity index (χ3n) is 3.79. The number of carbonyl (C=O) groups is 3. The number of hydrogen-bond acceptors (Lipinski definition) is 4. The van der Waals surface area contributed by atoms with Gasteiger partial charge in [0.15, 0.2) is 6.61 Å². The molecule has 0 aromatic heterocycles. The zero-order valence-corrected chi connectivity index (χ0v) is 12.7. The van der Waals surface area contributed by atoms with Crippen LogP contribution >= 0.6 is 0 Å². The Hall–Kier alpha value is -2.44. The molecule has 1 saturated heterocycles. The Labute approximate surface area is 133 Å². The fourth-order valence-electron chi connectivity index (χ4n) is 2.49. The molecule has 2 N–H and O–H groups in total. The first-order valence-electron chi connectivity index (χ1n) is 7.43. The normalized spacial score (nSPS) is 17.6. The molecule has 1 fully saturated rings. The van der Waals surface area contributed by atoms with Crippen LogP contribution in [0.15, 0.2) is 24.3 Å². The molecule has 0 unspecified atom stereocenters. The topological polar surface area (TPSA) is 89.7 Å². The van der Waals surface area contributed by atoms with Crippen LogP contribution in [0.5, 0.6) is 0 Å². The number of benzene rings is 1. The lowest BCUT2D eigenvalue weighted by molar-refractivity contribution is -0.152. The summed E-state index contributed by atoms with van der Waals surface area (Å²) in [4.78, 5) is 36.4. The van der Waals surface area contributed by atoms with Gasteiger partial charge in [-0.05, 0) is 30.5 Å². The third kappa shape index (κ3) is 5.05. The molecule has 0 saturated carbocycles. The van der Waals surface area contributed by atoms with Crippen molar-refractivity contribution in [3.8, 4) is 0 Å². The molecule has 1 aliphatic rings. The van der Waals surface area contributed by atoms with Gasteiger partial charge in [-0.1, -0.05) is 12.1 Å². The molecular formula is C16H19FN2O4. The first kappa shape index (κ1) is 16.9. The SMILES string of the molecule is NC(=O)[C@H]1CCCN(C(=O)COC(=O)Cc2ccc(F)cc2)C1. The molecule has 2 rings (SSSR count). The van der Waals surface area contributed by atoms with Crippen LogP contribution < -0.4 is 5.73 Å². The first-order chi connectivity index (χ1) is 11.0. The van der Waals surface area contributed by atoms with Crippen LogP contribution in [0, 0.1) is 11.7 Å². The van der Waals surface area contributed by atoms with E-state index >= 15 is 0 Å². The number of halogens is 1. The van der Waals surface area contributed by atoms with Crippen LogP contribution in [-0.2, 0) is 25.5 Å². The average molecular weight is 322 g/mol. The van der Waals surface area contributed by atoms with Crippen molar-refractivity contribution in [2.45, 2.75) is 19.3 Å². The van der Waals surface area contributed by atoms with Crippen molar-refractivity contribution in [2.75, 3.05) is 19.7 Å². The van der Waals surface area contributed by atoms with E-state index in [2.05, 4.69) is 0 Å². The maximum atomic E-state index is 12.8. The van der Waals surface area contributed by atoms with Crippen molar-refractivity contribution in [3.05, 3.63) is 35.6 Å². The zero-order valence-electron chi connectivity index (χ0n) is 12.7. The lowest BCUT2D eigenvalue weighted by Gasteiger charge is -2.31.